The van der Waals surface area contributed by atoms with Gasteiger partial charge in [0.15, 0.2) is 5.96 Å². The third kappa shape index (κ3) is 4.30. The predicted octanol–water partition coefficient (Wildman–Crippen LogP) is 2.13. The number of guanidine groups is 1. The van der Waals surface area contributed by atoms with E-state index in [9.17, 15) is 4.79 Å². The Hall–Kier alpha value is -1.98. The molecule has 1 aliphatic carbocycles. The molecule has 2 N–H and O–H groups in total. The van der Waals surface area contributed by atoms with E-state index in [0.717, 1.165) is 44.1 Å². The highest BCUT2D eigenvalue weighted by atomic mass is 16.3. The van der Waals surface area contributed by atoms with Crippen molar-refractivity contribution in [2.75, 3.05) is 20.1 Å². The summed E-state index contributed by atoms with van der Waals surface area (Å²) in [5.41, 5.74) is 0. The van der Waals surface area contributed by atoms with Crippen LogP contribution in [0.4, 0.5) is 0 Å². The van der Waals surface area contributed by atoms with Gasteiger partial charge >= 0.3 is 0 Å². The van der Waals surface area contributed by atoms with E-state index in [4.69, 9.17) is 4.42 Å². The Bertz CT molecular complexity index is 549. The molecule has 1 atom stereocenters. The van der Waals surface area contributed by atoms with Crippen LogP contribution in [0.25, 0.3) is 0 Å². The first-order chi connectivity index (χ1) is 11.8. The van der Waals surface area contributed by atoms with Crippen molar-refractivity contribution in [2.45, 2.75) is 51.1 Å². The lowest BCUT2D eigenvalue weighted by atomic mass is 9.88. The van der Waals surface area contributed by atoms with E-state index < -0.39 is 0 Å². The van der Waals surface area contributed by atoms with Crippen LogP contribution < -0.4 is 10.6 Å². The maximum atomic E-state index is 12.6. The van der Waals surface area contributed by atoms with Crippen LogP contribution >= 0.6 is 0 Å². The molecular formula is C18H28N4O2. The molecule has 24 heavy (non-hydrogen) atoms. The zero-order valence-electron chi connectivity index (χ0n) is 14.5. The van der Waals surface area contributed by atoms with E-state index in [-0.39, 0.29) is 12.0 Å². The number of aliphatic imine (C=N–C) groups is 1. The second-order valence-corrected chi connectivity index (χ2v) is 6.75. The Morgan fingerprint density at radius 3 is 2.88 bits per heavy atom. The summed E-state index contributed by atoms with van der Waals surface area (Å²) < 4.78 is 5.32. The standard InChI is InChI=1S/C18H28N4O2/c1-19-18(20-12-16-8-5-11-24-16)21-15-9-10-22(13-15)17(23)14-6-3-2-4-7-14/h5,8,11,14-15H,2-4,6-7,9-10,12-13H2,1H3,(H2,19,20,21). The van der Waals surface area contributed by atoms with Crippen molar-refractivity contribution in [1.29, 1.82) is 0 Å². The molecule has 0 aromatic carbocycles. The number of carbonyl (C=O) groups excluding carboxylic acids is 1. The fourth-order valence-corrected chi connectivity index (χ4v) is 3.66. The molecule has 3 rings (SSSR count). The molecule has 6 nitrogen and oxygen atoms in total. The molecule has 2 fully saturated rings. The molecule has 1 amide bonds. The van der Waals surface area contributed by atoms with E-state index in [2.05, 4.69) is 15.6 Å². The maximum Gasteiger partial charge on any atom is 0.225 e. The van der Waals surface area contributed by atoms with Gasteiger partial charge in [-0.1, -0.05) is 19.3 Å². The zero-order valence-corrected chi connectivity index (χ0v) is 14.5. The third-order valence-electron chi connectivity index (χ3n) is 5.03. The van der Waals surface area contributed by atoms with Gasteiger partial charge in [-0.2, -0.15) is 0 Å². The Morgan fingerprint density at radius 1 is 1.33 bits per heavy atom. The summed E-state index contributed by atoms with van der Waals surface area (Å²) in [6.07, 6.45) is 8.47. The van der Waals surface area contributed by atoms with Crippen LogP contribution in [0.1, 0.15) is 44.3 Å². The molecule has 6 heteroatoms. The summed E-state index contributed by atoms with van der Waals surface area (Å²) in [6, 6.07) is 4.07. The summed E-state index contributed by atoms with van der Waals surface area (Å²) >= 11 is 0. The van der Waals surface area contributed by atoms with Crippen molar-refractivity contribution < 1.29 is 9.21 Å². The van der Waals surface area contributed by atoms with Crippen molar-refractivity contribution in [3.8, 4) is 0 Å². The summed E-state index contributed by atoms with van der Waals surface area (Å²) in [7, 11) is 1.76. The van der Waals surface area contributed by atoms with Gasteiger partial charge in [-0.15, -0.1) is 0 Å². The molecule has 1 aliphatic heterocycles. The minimum absolute atomic E-state index is 0.258. The Kier molecular flexibility index (Phi) is 5.77. The number of amides is 1. The van der Waals surface area contributed by atoms with Crippen molar-refractivity contribution in [3.63, 3.8) is 0 Å². The zero-order chi connectivity index (χ0) is 16.8. The average molecular weight is 332 g/mol. The van der Waals surface area contributed by atoms with Crippen LogP contribution in [0.3, 0.4) is 0 Å². The number of furan rings is 1. The van der Waals surface area contributed by atoms with Crippen molar-refractivity contribution in [2.24, 2.45) is 10.9 Å². The van der Waals surface area contributed by atoms with E-state index in [0.29, 0.717) is 12.5 Å². The number of hydrogen-bond donors (Lipinski definition) is 2. The molecule has 1 unspecified atom stereocenters. The van der Waals surface area contributed by atoms with Crippen molar-refractivity contribution >= 4 is 11.9 Å². The number of rotatable bonds is 4. The number of hydrogen-bond acceptors (Lipinski definition) is 3. The Balaban J connectivity index is 1.45. The Labute approximate surface area is 143 Å². The predicted molar refractivity (Wildman–Crippen MR) is 93.6 cm³/mol. The van der Waals surface area contributed by atoms with Gasteiger partial charge in [-0.3, -0.25) is 9.79 Å². The van der Waals surface area contributed by atoms with Gasteiger partial charge in [-0.05, 0) is 31.4 Å². The molecule has 2 aliphatic rings. The second kappa shape index (κ2) is 8.22. The fourth-order valence-electron chi connectivity index (χ4n) is 3.66. The molecule has 1 saturated heterocycles. The number of carbonyl (C=O) groups is 1. The van der Waals surface area contributed by atoms with Gasteiger partial charge in [-0.25, -0.2) is 0 Å². The van der Waals surface area contributed by atoms with Crippen LogP contribution in [0.2, 0.25) is 0 Å². The fraction of sp³-hybridized carbons (Fsp3) is 0.667. The van der Waals surface area contributed by atoms with E-state index in [1.807, 2.05) is 17.0 Å². The van der Waals surface area contributed by atoms with E-state index >= 15 is 0 Å². The molecule has 1 saturated carbocycles. The second-order valence-electron chi connectivity index (χ2n) is 6.75. The first-order valence-electron chi connectivity index (χ1n) is 9.04. The minimum Gasteiger partial charge on any atom is -0.467 e. The third-order valence-corrected chi connectivity index (χ3v) is 5.03. The highest BCUT2D eigenvalue weighted by Crippen LogP contribution is 2.26. The molecule has 0 radical (unpaired) electrons. The summed E-state index contributed by atoms with van der Waals surface area (Å²) in [5, 5.41) is 6.67. The summed E-state index contributed by atoms with van der Waals surface area (Å²) in [6.45, 7) is 2.23. The lowest BCUT2D eigenvalue weighted by molar-refractivity contribution is -0.135. The first-order valence-corrected chi connectivity index (χ1v) is 9.04. The van der Waals surface area contributed by atoms with Gasteiger partial charge in [0, 0.05) is 32.1 Å². The summed E-state index contributed by atoms with van der Waals surface area (Å²) in [5.74, 6) is 2.24. The smallest absolute Gasteiger partial charge is 0.225 e. The Morgan fingerprint density at radius 2 is 2.17 bits per heavy atom. The van der Waals surface area contributed by atoms with Crippen molar-refractivity contribution in [1.82, 2.24) is 15.5 Å². The number of likely N-dealkylation sites (tertiary alicyclic amines) is 1. The lowest BCUT2D eigenvalue weighted by Crippen LogP contribution is -2.45. The van der Waals surface area contributed by atoms with Crippen LogP contribution in [0.15, 0.2) is 27.8 Å². The van der Waals surface area contributed by atoms with Crippen molar-refractivity contribution in [3.05, 3.63) is 24.2 Å². The average Bonchev–Trinajstić information content (AvgIpc) is 3.30. The molecular weight excluding hydrogens is 304 g/mol. The lowest BCUT2D eigenvalue weighted by Gasteiger charge is -2.26. The van der Waals surface area contributed by atoms with Gasteiger partial charge in [0.25, 0.3) is 0 Å². The molecule has 132 valence electrons. The molecule has 1 aromatic rings. The van der Waals surface area contributed by atoms with E-state index in [1.165, 1.54) is 19.3 Å². The van der Waals surface area contributed by atoms with Gasteiger partial charge in [0.2, 0.25) is 5.91 Å². The van der Waals surface area contributed by atoms with E-state index in [1.54, 1.807) is 13.3 Å². The number of nitrogens with one attached hydrogen (secondary N) is 2. The summed E-state index contributed by atoms with van der Waals surface area (Å²) in [4.78, 5) is 18.9. The van der Waals surface area contributed by atoms with Gasteiger partial charge in [0.05, 0.1) is 12.8 Å². The SMILES string of the molecule is CN=C(NCc1ccco1)NC1CCN(C(=O)C2CCCCC2)C1. The van der Waals surface area contributed by atoms with Crippen LogP contribution in [-0.4, -0.2) is 42.9 Å². The first kappa shape index (κ1) is 16.9. The highest BCUT2D eigenvalue weighted by Gasteiger charge is 2.31. The topological polar surface area (TPSA) is 69.9 Å². The highest BCUT2D eigenvalue weighted by molar-refractivity contribution is 5.81. The van der Waals surface area contributed by atoms with Crippen LogP contribution in [0.5, 0.6) is 0 Å². The maximum absolute atomic E-state index is 12.6. The molecule has 0 spiro atoms. The largest absolute Gasteiger partial charge is 0.467 e. The van der Waals surface area contributed by atoms with Crippen LogP contribution in [-0.2, 0) is 11.3 Å². The monoisotopic (exact) mass is 332 g/mol. The number of nitrogens with zero attached hydrogens (tertiary/aromatic N) is 2. The quantitative estimate of drug-likeness (QED) is 0.654. The van der Waals surface area contributed by atoms with Gasteiger partial charge < -0.3 is 20.0 Å². The van der Waals surface area contributed by atoms with Gasteiger partial charge in [0.1, 0.15) is 5.76 Å². The minimum atomic E-state index is 0.258. The molecule has 1 aromatic heterocycles. The molecule has 2 heterocycles. The normalized spacial score (nSPS) is 22.6. The molecule has 0 bridgehead atoms. The van der Waals surface area contributed by atoms with Crippen LogP contribution in [0, 0.1) is 5.92 Å².